The van der Waals surface area contributed by atoms with Crippen molar-refractivity contribution in [2.75, 3.05) is 18.9 Å². The van der Waals surface area contributed by atoms with Crippen LogP contribution in [0.4, 0.5) is 0 Å². The standard InChI is InChI=1S/C26H30N4O4S/c31-23(27-16-19-8-2-1-3-9-19)13-6-14-30-25(33)21-11-4-5-12-22(21)29-26(30)35-18-24(32)28-17-20-10-7-15-34-20/h1-5,8-9,11-12,20H,6-7,10,13-18H2,(H,27,31)(H,28,32)/t20-/m0/s1. The molecule has 0 unspecified atom stereocenters. The van der Waals surface area contributed by atoms with Crippen molar-refractivity contribution in [2.24, 2.45) is 0 Å². The Hall–Kier alpha value is -3.17. The molecule has 2 aromatic carbocycles. The molecule has 2 heterocycles. The summed E-state index contributed by atoms with van der Waals surface area (Å²) >= 11 is 1.23. The number of ether oxygens (including phenoxy) is 1. The van der Waals surface area contributed by atoms with Crippen LogP contribution in [0.15, 0.2) is 64.5 Å². The van der Waals surface area contributed by atoms with Crippen LogP contribution in [0.1, 0.15) is 31.2 Å². The maximum atomic E-state index is 13.2. The Morgan fingerprint density at radius 1 is 1.06 bits per heavy atom. The first kappa shape index (κ1) is 24.9. The summed E-state index contributed by atoms with van der Waals surface area (Å²) in [5.74, 6) is -0.0483. The predicted octanol–water partition coefficient (Wildman–Crippen LogP) is 2.88. The number of hydrogen-bond acceptors (Lipinski definition) is 6. The maximum Gasteiger partial charge on any atom is 0.262 e. The van der Waals surface area contributed by atoms with E-state index in [2.05, 4.69) is 15.6 Å². The monoisotopic (exact) mass is 494 g/mol. The van der Waals surface area contributed by atoms with Crippen molar-refractivity contribution < 1.29 is 14.3 Å². The molecule has 2 N–H and O–H groups in total. The summed E-state index contributed by atoms with van der Waals surface area (Å²) < 4.78 is 7.12. The SMILES string of the molecule is O=C(CCCn1c(SCC(=O)NC[C@@H]2CCCO2)nc2ccccc2c1=O)NCc1ccccc1. The summed E-state index contributed by atoms with van der Waals surface area (Å²) in [6.07, 6.45) is 2.83. The quantitative estimate of drug-likeness (QED) is 0.314. The third-order valence-electron chi connectivity index (χ3n) is 5.83. The minimum Gasteiger partial charge on any atom is -0.376 e. The molecule has 8 nitrogen and oxygen atoms in total. The van der Waals surface area contributed by atoms with Crippen molar-refractivity contribution in [2.45, 2.75) is 50.0 Å². The zero-order chi connectivity index (χ0) is 24.5. The molecular formula is C26H30N4O4S. The lowest BCUT2D eigenvalue weighted by Gasteiger charge is -2.14. The molecule has 1 aromatic heterocycles. The molecule has 1 saturated heterocycles. The Labute approximate surface area is 208 Å². The van der Waals surface area contributed by atoms with E-state index < -0.39 is 0 Å². The molecule has 1 fully saturated rings. The number of hydrogen-bond donors (Lipinski definition) is 2. The van der Waals surface area contributed by atoms with E-state index in [0.29, 0.717) is 42.1 Å². The Balaban J connectivity index is 1.36. The van der Waals surface area contributed by atoms with Gasteiger partial charge in [0.1, 0.15) is 0 Å². The van der Waals surface area contributed by atoms with Crippen molar-refractivity contribution in [1.29, 1.82) is 0 Å². The predicted molar refractivity (Wildman–Crippen MR) is 136 cm³/mol. The topological polar surface area (TPSA) is 102 Å². The second-order valence-electron chi connectivity index (χ2n) is 8.46. The van der Waals surface area contributed by atoms with Crippen LogP contribution in [0.3, 0.4) is 0 Å². The molecule has 1 atom stereocenters. The molecule has 0 spiro atoms. The molecule has 35 heavy (non-hydrogen) atoms. The molecular weight excluding hydrogens is 464 g/mol. The van der Waals surface area contributed by atoms with E-state index in [1.807, 2.05) is 36.4 Å². The number of thioether (sulfide) groups is 1. The van der Waals surface area contributed by atoms with Crippen LogP contribution in [0.2, 0.25) is 0 Å². The fourth-order valence-electron chi connectivity index (χ4n) is 3.95. The lowest BCUT2D eigenvalue weighted by molar-refractivity contribution is -0.121. The molecule has 0 radical (unpaired) electrons. The van der Waals surface area contributed by atoms with E-state index in [0.717, 1.165) is 25.0 Å². The van der Waals surface area contributed by atoms with Crippen LogP contribution in [0, 0.1) is 0 Å². The molecule has 0 saturated carbocycles. The van der Waals surface area contributed by atoms with Gasteiger partial charge in [-0.2, -0.15) is 0 Å². The number of fused-ring (bicyclic) bond motifs is 1. The molecule has 1 aliphatic rings. The number of amides is 2. The van der Waals surface area contributed by atoms with Crippen molar-refractivity contribution in [3.8, 4) is 0 Å². The highest BCUT2D eigenvalue weighted by molar-refractivity contribution is 7.99. The largest absolute Gasteiger partial charge is 0.376 e. The summed E-state index contributed by atoms with van der Waals surface area (Å²) in [4.78, 5) is 42.5. The van der Waals surface area contributed by atoms with Gasteiger partial charge in [-0.1, -0.05) is 54.2 Å². The highest BCUT2D eigenvalue weighted by Crippen LogP contribution is 2.18. The number of nitrogens with zero attached hydrogens (tertiary/aromatic N) is 2. The molecule has 184 valence electrons. The molecule has 2 amide bonds. The van der Waals surface area contributed by atoms with Crippen LogP contribution in [-0.4, -0.2) is 46.4 Å². The molecule has 0 bridgehead atoms. The average Bonchev–Trinajstić information content (AvgIpc) is 3.41. The number of rotatable bonds is 11. The molecule has 0 aliphatic carbocycles. The summed E-state index contributed by atoms with van der Waals surface area (Å²) in [6.45, 7) is 2.05. The lowest BCUT2D eigenvalue weighted by Crippen LogP contribution is -2.33. The lowest BCUT2D eigenvalue weighted by atomic mass is 10.2. The van der Waals surface area contributed by atoms with Crippen LogP contribution >= 0.6 is 11.8 Å². The van der Waals surface area contributed by atoms with Gasteiger partial charge in [0.05, 0.1) is 22.8 Å². The minimum absolute atomic E-state index is 0.0710. The zero-order valence-electron chi connectivity index (χ0n) is 19.6. The van der Waals surface area contributed by atoms with Crippen molar-refractivity contribution in [3.63, 3.8) is 0 Å². The van der Waals surface area contributed by atoms with Gasteiger partial charge in [0.15, 0.2) is 5.16 Å². The van der Waals surface area contributed by atoms with Gasteiger partial charge in [-0.05, 0) is 37.0 Å². The Kier molecular flexibility index (Phi) is 8.91. The van der Waals surface area contributed by atoms with Gasteiger partial charge in [0.25, 0.3) is 5.56 Å². The smallest absolute Gasteiger partial charge is 0.262 e. The maximum absolute atomic E-state index is 13.2. The van der Waals surface area contributed by atoms with Crippen LogP contribution in [0.25, 0.3) is 10.9 Å². The van der Waals surface area contributed by atoms with E-state index in [1.165, 1.54) is 11.8 Å². The van der Waals surface area contributed by atoms with Gasteiger partial charge in [0, 0.05) is 32.7 Å². The summed E-state index contributed by atoms with van der Waals surface area (Å²) in [5, 5.41) is 6.81. The van der Waals surface area contributed by atoms with Gasteiger partial charge in [-0.15, -0.1) is 0 Å². The highest BCUT2D eigenvalue weighted by atomic mass is 32.2. The number of carbonyl (C=O) groups is 2. The number of aromatic nitrogens is 2. The zero-order valence-corrected chi connectivity index (χ0v) is 20.4. The van der Waals surface area contributed by atoms with Crippen LogP contribution in [0.5, 0.6) is 0 Å². The van der Waals surface area contributed by atoms with Crippen LogP contribution < -0.4 is 16.2 Å². The highest BCUT2D eigenvalue weighted by Gasteiger charge is 2.17. The molecule has 1 aliphatic heterocycles. The van der Waals surface area contributed by atoms with Crippen molar-refractivity contribution in [3.05, 3.63) is 70.5 Å². The fourth-order valence-corrected chi connectivity index (χ4v) is 4.81. The first-order chi connectivity index (χ1) is 17.1. The van der Waals surface area contributed by atoms with E-state index in [9.17, 15) is 14.4 Å². The van der Waals surface area contributed by atoms with Gasteiger partial charge >= 0.3 is 0 Å². The summed E-state index contributed by atoms with van der Waals surface area (Å²) in [5.41, 5.74) is 1.46. The number of nitrogens with one attached hydrogen (secondary N) is 2. The van der Waals surface area contributed by atoms with Gasteiger partial charge in [-0.3, -0.25) is 19.0 Å². The van der Waals surface area contributed by atoms with Gasteiger partial charge in [-0.25, -0.2) is 4.98 Å². The summed E-state index contributed by atoms with van der Waals surface area (Å²) in [7, 11) is 0. The van der Waals surface area contributed by atoms with E-state index in [4.69, 9.17) is 4.74 Å². The number of carbonyl (C=O) groups excluding carboxylic acids is 2. The second-order valence-corrected chi connectivity index (χ2v) is 9.40. The number of benzene rings is 2. The van der Waals surface area contributed by atoms with E-state index in [1.54, 1.807) is 22.8 Å². The molecule has 3 aromatic rings. The van der Waals surface area contributed by atoms with E-state index >= 15 is 0 Å². The normalized spacial score (nSPS) is 15.3. The first-order valence-corrected chi connectivity index (χ1v) is 12.9. The second kappa shape index (κ2) is 12.5. The molecule has 9 heteroatoms. The Morgan fingerprint density at radius 3 is 2.66 bits per heavy atom. The van der Waals surface area contributed by atoms with Gasteiger partial charge in [0.2, 0.25) is 11.8 Å². The number of para-hydroxylation sites is 1. The van der Waals surface area contributed by atoms with Crippen molar-refractivity contribution >= 4 is 34.5 Å². The van der Waals surface area contributed by atoms with Crippen molar-refractivity contribution in [1.82, 2.24) is 20.2 Å². The Morgan fingerprint density at radius 2 is 1.86 bits per heavy atom. The third kappa shape index (κ3) is 7.16. The fraction of sp³-hybridized carbons (Fsp3) is 0.385. The van der Waals surface area contributed by atoms with Gasteiger partial charge < -0.3 is 15.4 Å². The van der Waals surface area contributed by atoms with E-state index in [-0.39, 0.29) is 35.7 Å². The molecule has 4 rings (SSSR count). The average molecular weight is 495 g/mol. The first-order valence-electron chi connectivity index (χ1n) is 11.9. The minimum atomic E-state index is -0.164. The Bertz CT molecular complexity index is 1210. The third-order valence-corrected chi connectivity index (χ3v) is 6.80. The summed E-state index contributed by atoms with van der Waals surface area (Å²) in [6, 6.07) is 16.9. The van der Waals surface area contributed by atoms with Crippen LogP contribution in [-0.2, 0) is 27.4 Å².